The number of rotatable bonds is 6. The second-order valence-electron chi connectivity index (χ2n) is 3.78. The monoisotopic (exact) mass is 246 g/mol. The van der Waals surface area contributed by atoms with Crippen molar-refractivity contribution < 1.29 is 13.9 Å². The molecule has 2 aromatic rings. The fraction of sp³-hybridized carbons (Fsp3) is 0.200. The molecule has 0 unspecified atom stereocenters. The van der Waals surface area contributed by atoms with Gasteiger partial charge in [0.25, 0.3) is 0 Å². The molecule has 2 aromatic carbocycles. The van der Waals surface area contributed by atoms with Gasteiger partial charge in [-0.15, -0.1) is 0 Å². The van der Waals surface area contributed by atoms with Crippen molar-refractivity contribution in [2.75, 3.05) is 13.3 Å². The quantitative estimate of drug-likeness (QED) is 0.775. The van der Waals surface area contributed by atoms with Gasteiger partial charge < -0.3 is 9.47 Å². The van der Waals surface area contributed by atoms with E-state index in [9.17, 15) is 4.39 Å². The third-order valence-electron chi connectivity index (χ3n) is 2.42. The van der Waals surface area contributed by atoms with E-state index in [0.717, 1.165) is 11.3 Å². The largest absolute Gasteiger partial charge is 0.491 e. The van der Waals surface area contributed by atoms with Crippen LogP contribution < -0.4 is 9.47 Å². The molecule has 0 fully saturated rings. The molecule has 0 aromatic heterocycles. The van der Waals surface area contributed by atoms with Gasteiger partial charge in [-0.25, -0.2) is 4.39 Å². The van der Waals surface area contributed by atoms with Crippen molar-refractivity contribution in [1.29, 1.82) is 0 Å². The van der Waals surface area contributed by atoms with Crippen molar-refractivity contribution in [2.45, 2.75) is 6.61 Å². The number of alkyl halides is 1. The minimum absolute atomic E-state index is 0.0875. The van der Waals surface area contributed by atoms with Crippen LogP contribution in [-0.2, 0) is 6.61 Å². The van der Waals surface area contributed by atoms with Gasteiger partial charge in [0.1, 0.15) is 31.4 Å². The molecule has 0 spiro atoms. The van der Waals surface area contributed by atoms with E-state index in [4.69, 9.17) is 9.47 Å². The maximum atomic E-state index is 11.9. The Morgan fingerprint density at radius 2 is 1.39 bits per heavy atom. The highest BCUT2D eigenvalue weighted by atomic mass is 19.1. The van der Waals surface area contributed by atoms with Crippen LogP contribution in [0.2, 0.25) is 0 Å². The van der Waals surface area contributed by atoms with Crippen LogP contribution in [0.3, 0.4) is 0 Å². The van der Waals surface area contributed by atoms with E-state index in [-0.39, 0.29) is 6.61 Å². The van der Waals surface area contributed by atoms with Gasteiger partial charge in [-0.05, 0) is 29.8 Å². The van der Waals surface area contributed by atoms with Crippen molar-refractivity contribution >= 4 is 0 Å². The average molecular weight is 246 g/mol. The Kier molecular flexibility index (Phi) is 4.59. The van der Waals surface area contributed by atoms with E-state index < -0.39 is 6.67 Å². The maximum Gasteiger partial charge on any atom is 0.123 e. The molecule has 2 nitrogen and oxygen atoms in total. The molecule has 0 saturated heterocycles. The molecule has 0 bridgehead atoms. The molecule has 0 aliphatic heterocycles. The molecule has 2 rings (SSSR count). The van der Waals surface area contributed by atoms with Crippen LogP contribution in [0.5, 0.6) is 11.5 Å². The van der Waals surface area contributed by atoms with Crippen LogP contribution in [0, 0.1) is 0 Å². The number of benzene rings is 2. The molecule has 0 radical (unpaired) electrons. The summed E-state index contributed by atoms with van der Waals surface area (Å²) < 4.78 is 22.7. The van der Waals surface area contributed by atoms with Gasteiger partial charge in [0, 0.05) is 0 Å². The third-order valence-corrected chi connectivity index (χ3v) is 2.42. The van der Waals surface area contributed by atoms with E-state index in [0.29, 0.717) is 12.4 Å². The minimum Gasteiger partial charge on any atom is -0.491 e. The maximum absolute atomic E-state index is 11.9. The van der Waals surface area contributed by atoms with E-state index >= 15 is 0 Å². The minimum atomic E-state index is -0.480. The van der Waals surface area contributed by atoms with Gasteiger partial charge in [-0.2, -0.15) is 0 Å². The zero-order valence-electron chi connectivity index (χ0n) is 10.0. The summed E-state index contributed by atoms with van der Waals surface area (Å²) in [6, 6.07) is 17.1. The van der Waals surface area contributed by atoms with Crippen LogP contribution in [0.1, 0.15) is 5.56 Å². The molecule has 0 heterocycles. The zero-order valence-corrected chi connectivity index (χ0v) is 10.0. The molecule has 0 N–H and O–H groups in total. The molecule has 18 heavy (non-hydrogen) atoms. The average Bonchev–Trinajstić information content (AvgIpc) is 2.45. The number of halogens is 1. The van der Waals surface area contributed by atoms with Crippen molar-refractivity contribution in [1.82, 2.24) is 0 Å². The first-order valence-electron chi connectivity index (χ1n) is 5.84. The highest BCUT2D eigenvalue weighted by Crippen LogP contribution is 2.18. The Balaban J connectivity index is 1.86. The lowest BCUT2D eigenvalue weighted by Gasteiger charge is -2.07. The van der Waals surface area contributed by atoms with E-state index in [2.05, 4.69) is 0 Å². The van der Waals surface area contributed by atoms with Crippen LogP contribution in [-0.4, -0.2) is 13.3 Å². The highest BCUT2D eigenvalue weighted by Gasteiger charge is 1.97. The normalized spacial score (nSPS) is 10.1. The second-order valence-corrected chi connectivity index (χ2v) is 3.78. The van der Waals surface area contributed by atoms with Crippen molar-refractivity contribution in [3.05, 3.63) is 60.2 Å². The number of ether oxygens (including phenoxy) is 2. The van der Waals surface area contributed by atoms with Gasteiger partial charge in [-0.1, -0.05) is 30.3 Å². The predicted octanol–water partition coefficient (Wildman–Crippen LogP) is 3.61. The molecular weight excluding hydrogens is 231 g/mol. The topological polar surface area (TPSA) is 18.5 Å². The Labute approximate surface area is 106 Å². The lowest BCUT2D eigenvalue weighted by molar-refractivity contribution is 0.271. The van der Waals surface area contributed by atoms with Gasteiger partial charge in [0.05, 0.1) is 0 Å². The summed E-state index contributed by atoms with van der Waals surface area (Å²) in [4.78, 5) is 0. The molecule has 0 saturated carbocycles. The lowest BCUT2D eigenvalue weighted by atomic mass is 10.2. The zero-order chi connectivity index (χ0) is 12.6. The summed E-state index contributed by atoms with van der Waals surface area (Å²) in [5.74, 6) is 1.42. The van der Waals surface area contributed by atoms with E-state index in [1.54, 1.807) is 12.1 Å². The second kappa shape index (κ2) is 6.64. The number of hydrogen-bond acceptors (Lipinski definition) is 2. The first-order valence-corrected chi connectivity index (χ1v) is 5.84. The molecule has 0 aliphatic rings. The SMILES string of the molecule is FCCOc1ccc(OCc2ccccc2)cc1. The summed E-state index contributed by atoms with van der Waals surface area (Å²) in [6.07, 6.45) is 0. The van der Waals surface area contributed by atoms with Crippen LogP contribution in [0.25, 0.3) is 0 Å². The van der Waals surface area contributed by atoms with Crippen molar-refractivity contribution in [3.63, 3.8) is 0 Å². The summed E-state index contributed by atoms with van der Waals surface area (Å²) in [6.45, 7) is 0.141. The van der Waals surface area contributed by atoms with Crippen LogP contribution in [0.15, 0.2) is 54.6 Å². The fourth-order valence-corrected chi connectivity index (χ4v) is 1.53. The van der Waals surface area contributed by atoms with Gasteiger partial charge in [0.15, 0.2) is 0 Å². The summed E-state index contributed by atoms with van der Waals surface area (Å²) in [5, 5.41) is 0. The third kappa shape index (κ3) is 3.77. The molecular formula is C15H15FO2. The van der Waals surface area contributed by atoms with Crippen molar-refractivity contribution in [2.24, 2.45) is 0 Å². The summed E-state index contributed by atoms with van der Waals surface area (Å²) in [5.41, 5.74) is 1.12. The van der Waals surface area contributed by atoms with Crippen LogP contribution in [0.4, 0.5) is 4.39 Å². The van der Waals surface area contributed by atoms with Crippen LogP contribution >= 0.6 is 0 Å². The Morgan fingerprint density at radius 3 is 2.00 bits per heavy atom. The number of hydrogen-bond donors (Lipinski definition) is 0. The Morgan fingerprint density at radius 1 is 0.778 bits per heavy atom. The Bertz CT molecular complexity index is 454. The summed E-state index contributed by atoms with van der Waals surface area (Å²) >= 11 is 0. The lowest BCUT2D eigenvalue weighted by Crippen LogP contribution is -1.99. The molecule has 0 amide bonds. The summed E-state index contributed by atoms with van der Waals surface area (Å²) in [7, 11) is 0. The molecule has 94 valence electrons. The smallest absolute Gasteiger partial charge is 0.123 e. The van der Waals surface area contributed by atoms with Crippen molar-refractivity contribution in [3.8, 4) is 11.5 Å². The molecule has 0 aliphatic carbocycles. The Hall–Kier alpha value is -2.03. The standard InChI is InChI=1S/C15H15FO2/c16-10-11-17-14-6-8-15(9-7-14)18-12-13-4-2-1-3-5-13/h1-9H,10-12H2. The van der Waals surface area contributed by atoms with Gasteiger partial charge >= 0.3 is 0 Å². The first kappa shape index (κ1) is 12.4. The van der Waals surface area contributed by atoms with Gasteiger partial charge in [-0.3, -0.25) is 0 Å². The van der Waals surface area contributed by atoms with E-state index in [1.807, 2.05) is 42.5 Å². The fourth-order valence-electron chi connectivity index (χ4n) is 1.53. The molecule has 0 atom stereocenters. The van der Waals surface area contributed by atoms with E-state index in [1.165, 1.54) is 0 Å². The predicted molar refractivity (Wildman–Crippen MR) is 68.7 cm³/mol. The first-order chi connectivity index (χ1) is 8.88. The van der Waals surface area contributed by atoms with Gasteiger partial charge in [0.2, 0.25) is 0 Å². The molecule has 3 heteroatoms. The highest BCUT2D eigenvalue weighted by molar-refractivity contribution is 5.31.